The molecule has 2 aromatic carbocycles. The van der Waals surface area contributed by atoms with Crippen molar-refractivity contribution < 1.29 is 13.6 Å². The van der Waals surface area contributed by atoms with Crippen LogP contribution in [0.25, 0.3) is 17.5 Å². The van der Waals surface area contributed by atoms with Gasteiger partial charge in [-0.05, 0) is 18.2 Å². The molecule has 0 bridgehead atoms. The van der Waals surface area contributed by atoms with Crippen LogP contribution in [0.5, 0.6) is 0 Å². The van der Waals surface area contributed by atoms with Crippen LogP contribution in [0.2, 0.25) is 0 Å². The van der Waals surface area contributed by atoms with Gasteiger partial charge in [-0.15, -0.1) is 11.3 Å². The summed E-state index contributed by atoms with van der Waals surface area (Å²) in [4.78, 5) is 25.5. The van der Waals surface area contributed by atoms with E-state index >= 15 is 0 Å². The monoisotopic (exact) mass is 436 g/mol. The quantitative estimate of drug-likeness (QED) is 0.640. The minimum absolute atomic E-state index is 0.0301. The Bertz CT molecular complexity index is 1490. The van der Waals surface area contributed by atoms with Crippen molar-refractivity contribution >= 4 is 34.7 Å². The third-order valence-corrected chi connectivity index (χ3v) is 6.05. The molecule has 6 nitrogen and oxygen atoms in total. The van der Waals surface area contributed by atoms with E-state index in [1.165, 1.54) is 42.5 Å². The number of benzene rings is 2. The maximum atomic E-state index is 14.6. The fourth-order valence-corrected chi connectivity index (χ4v) is 4.71. The Morgan fingerprint density at radius 1 is 1.13 bits per heavy atom. The van der Waals surface area contributed by atoms with E-state index in [2.05, 4.69) is 0 Å². The van der Waals surface area contributed by atoms with Crippen LogP contribution in [0.1, 0.15) is 17.0 Å². The van der Waals surface area contributed by atoms with Crippen molar-refractivity contribution in [3.63, 3.8) is 0 Å². The van der Waals surface area contributed by atoms with Crippen LogP contribution >= 0.6 is 11.3 Å². The van der Waals surface area contributed by atoms with E-state index < -0.39 is 29.0 Å². The molecule has 1 unspecified atom stereocenters. The molecule has 1 amide bonds. The number of carbonyl (C=O) groups is 1. The number of fused-ring (bicyclic) bond motifs is 1. The molecule has 0 saturated heterocycles. The first-order chi connectivity index (χ1) is 14.8. The molecule has 4 rings (SSSR count). The van der Waals surface area contributed by atoms with Gasteiger partial charge in [-0.2, -0.15) is 5.26 Å². The number of nitrogens with two attached hydrogens (primary N) is 2. The third kappa shape index (κ3) is 3.23. The average Bonchev–Trinajstić information content (AvgIpc) is 3.05. The lowest BCUT2D eigenvalue weighted by Crippen LogP contribution is -2.41. The molecule has 31 heavy (non-hydrogen) atoms. The second kappa shape index (κ2) is 7.66. The summed E-state index contributed by atoms with van der Waals surface area (Å²) in [7, 11) is 0. The highest BCUT2D eigenvalue weighted by molar-refractivity contribution is 7.07. The Hall–Kier alpha value is -4.03. The molecule has 2 heterocycles. The SMILES string of the molecule is N#CC1=C(N)n2c(sc(=Cc3ccccc3F)c2=O)=C(C(N)=O)C1c1ccccc1F. The molecule has 0 radical (unpaired) electrons. The van der Waals surface area contributed by atoms with Crippen molar-refractivity contribution in [2.75, 3.05) is 0 Å². The van der Waals surface area contributed by atoms with Gasteiger partial charge in [0.25, 0.3) is 5.56 Å². The summed E-state index contributed by atoms with van der Waals surface area (Å²) >= 11 is 0.867. The number of rotatable bonds is 3. The normalized spacial score (nSPS) is 16.2. The molecular formula is C22H14F2N4O2S. The Kier molecular flexibility index (Phi) is 5.01. The van der Waals surface area contributed by atoms with Crippen molar-refractivity contribution in [3.05, 3.63) is 96.4 Å². The fourth-order valence-electron chi connectivity index (χ4n) is 3.54. The van der Waals surface area contributed by atoms with Crippen molar-refractivity contribution in [3.8, 4) is 6.07 Å². The van der Waals surface area contributed by atoms with Crippen LogP contribution in [0.15, 0.2) is 58.9 Å². The molecule has 0 spiro atoms. The van der Waals surface area contributed by atoms with Crippen LogP contribution in [0, 0.1) is 23.0 Å². The molecule has 0 aliphatic carbocycles. The minimum atomic E-state index is -1.18. The molecule has 4 N–H and O–H groups in total. The first-order valence-electron chi connectivity index (χ1n) is 9.01. The number of hydrogen-bond acceptors (Lipinski definition) is 5. The van der Waals surface area contributed by atoms with Gasteiger partial charge in [-0.1, -0.05) is 36.4 Å². The number of nitriles is 1. The van der Waals surface area contributed by atoms with Gasteiger partial charge in [0.15, 0.2) is 0 Å². The number of aromatic nitrogens is 1. The lowest BCUT2D eigenvalue weighted by Gasteiger charge is -2.24. The maximum absolute atomic E-state index is 14.6. The molecule has 0 saturated carbocycles. The molecular weight excluding hydrogens is 422 g/mol. The molecule has 9 heteroatoms. The van der Waals surface area contributed by atoms with E-state index in [1.807, 2.05) is 6.07 Å². The third-order valence-electron chi connectivity index (χ3n) is 4.94. The zero-order valence-electron chi connectivity index (χ0n) is 15.8. The minimum Gasteiger partial charge on any atom is -0.384 e. The van der Waals surface area contributed by atoms with E-state index in [9.17, 15) is 23.6 Å². The summed E-state index contributed by atoms with van der Waals surface area (Å²) in [6.07, 6.45) is 1.32. The van der Waals surface area contributed by atoms with Gasteiger partial charge in [0.2, 0.25) is 5.91 Å². The van der Waals surface area contributed by atoms with E-state index in [1.54, 1.807) is 12.1 Å². The summed E-state index contributed by atoms with van der Waals surface area (Å²) in [6, 6.07) is 13.4. The topological polar surface area (TPSA) is 115 Å². The first kappa shape index (κ1) is 20.3. The van der Waals surface area contributed by atoms with Crippen LogP contribution in [0.4, 0.5) is 8.78 Å². The predicted octanol–water partition coefficient (Wildman–Crippen LogP) is 1.10. The number of amides is 1. The summed E-state index contributed by atoms with van der Waals surface area (Å²) in [5.74, 6) is -3.53. The molecule has 3 aromatic rings. The average molecular weight is 436 g/mol. The summed E-state index contributed by atoms with van der Waals surface area (Å²) < 4.78 is 29.8. The number of primary amides is 1. The number of allylic oxidation sites excluding steroid dienone is 1. The van der Waals surface area contributed by atoms with Crippen LogP contribution < -0.4 is 26.2 Å². The fraction of sp³-hybridized carbons (Fsp3) is 0.0455. The maximum Gasteiger partial charge on any atom is 0.274 e. The first-order valence-corrected chi connectivity index (χ1v) is 9.83. The molecule has 1 aliphatic rings. The molecule has 1 aromatic heterocycles. The molecule has 154 valence electrons. The number of thiazole rings is 1. The van der Waals surface area contributed by atoms with Gasteiger partial charge in [0.1, 0.15) is 22.1 Å². The second-order valence-electron chi connectivity index (χ2n) is 6.72. The van der Waals surface area contributed by atoms with E-state index in [0.717, 1.165) is 15.9 Å². The van der Waals surface area contributed by atoms with Gasteiger partial charge in [-0.25, -0.2) is 8.78 Å². The van der Waals surface area contributed by atoms with Gasteiger partial charge in [0, 0.05) is 11.1 Å². The Morgan fingerprint density at radius 3 is 2.39 bits per heavy atom. The molecule has 0 fully saturated rings. The molecule has 1 atom stereocenters. The van der Waals surface area contributed by atoms with Crippen LogP contribution in [-0.2, 0) is 4.79 Å². The molecule has 1 aliphatic heterocycles. The van der Waals surface area contributed by atoms with Crippen LogP contribution in [-0.4, -0.2) is 10.5 Å². The van der Waals surface area contributed by atoms with Crippen LogP contribution in [0.3, 0.4) is 0 Å². The zero-order chi connectivity index (χ0) is 22.3. The number of hydrogen-bond donors (Lipinski definition) is 2. The Labute approximate surface area is 178 Å². The number of halogens is 2. The summed E-state index contributed by atoms with van der Waals surface area (Å²) in [5.41, 5.74) is 11.0. The second-order valence-corrected chi connectivity index (χ2v) is 7.75. The van der Waals surface area contributed by atoms with Gasteiger partial charge >= 0.3 is 0 Å². The highest BCUT2D eigenvalue weighted by atomic mass is 32.1. The van der Waals surface area contributed by atoms with Crippen molar-refractivity contribution in [2.45, 2.75) is 5.92 Å². The lowest BCUT2D eigenvalue weighted by atomic mass is 9.83. The van der Waals surface area contributed by atoms with Crippen molar-refractivity contribution in [1.29, 1.82) is 5.26 Å². The predicted molar refractivity (Wildman–Crippen MR) is 113 cm³/mol. The largest absolute Gasteiger partial charge is 0.384 e. The number of nitrogens with zero attached hydrogens (tertiary/aromatic N) is 2. The van der Waals surface area contributed by atoms with E-state index in [-0.39, 0.29) is 37.3 Å². The van der Waals surface area contributed by atoms with E-state index in [4.69, 9.17) is 11.5 Å². The van der Waals surface area contributed by atoms with Crippen molar-refractivity contribution in [1.82, 2.24) is 4.57 Å². The summed E-state index contributed by atoms with van der Waals surface area (Å²) in [5, 5.41) is 9.73. The zero-order valence-corrected chi connectivity index (χ0v) is 16.6. The highest BCUT2D eigenvalue weighted by Gasteiger charge is 2.35. The lowest BCUT2D eigenvalue weighted by molar-refractivity contribution is -0.113. The Morgan fingerprint density at radius 2 is 1.77 bits per heavy atom. The number of carbonyl (C=O) groups excluding carboxylic acids is 1. The van der Waals surface area contributed by atoms with Gasteiger partial charge in [-0.3, -0.25) is 14.2 Å². The van der Waals surface area contributed by atoms with E-state index in [0.29, 0.717) is 0 Å². The standard InChI is InChI=1S/C22H14F2N4O2S/c23-14-7-3-1-5-11(14)9-16-21(30)28-19(26)13(10-25)17(12-6-2-4-8-15(12)24)18(20(27)29)22(28)31-16/h1-9,17H,26H2,(H2,27,29). The van der Waals surface area contributed by atoms with Gasteiger partial charge < -0.3 is 11.5 Å². The summed E-state index contributed by atoms with van der Waals surface area (Å²) in [6.45, 7) is 0. The smallest absolute Gasteiger partial charge is 0.274 e. The highest BCUT2D eigenvalue weighted by Crippen LogP contribution is 2.36. The Balaban J connectivity index is 2.13. The van der Waals surface area contributed by atoms with Crippen molar-refractivity contribution in [2.24, 2.45) is 11.5 Å². The van der Waals surface area contributed by atoms with Gasteiger partial charge in [0.05, 0.1) is 27.7 Å².